The van der Waals surface area contributed by atoms with Crippen molar-refractivity contribution in [2.75, 3.05) is 6.61 Å². The first-order valence-corrected chi connectivity index (χ1v) is 6.04. The lowest BCUT2D eigenvalue weighted by molar-refractivity contribution is 0.299. The number of rotatable bonds is 6. The fourth-order valence-electron chi connectivity index (χ4n) is 2.13. The molecule has 0 radical (unpaired) electrons. The zero-order chi connectivity index (χ0) is 11.1. The minimum atomic E-state index is 0.261. The molecule has 0 saturated carbocycles. The molecule has 0 fully saturated rings. The second-order valence-electron chi connectivity index (χ2n) is 4.03. The Labute approximate surface area is 93.1 Å². The molecule has 0 aliphatic rings. The van der Waals surface area contributed by atoms with Crippen molar-refractivity contribution in [3.8, 4) is 0 Å². The number of aliphatic hydroxyl groups excluding tert-OH is 1. The van der Waals surface area contributed by atoms with E-state index in [9.17, 15) is 0 Å². The van der Waals surface area contributed by atoms with Gasteiger partial charge in [0.1, 0.15) is 0 Å². The number of hydrogen-bond acceptors (Lipinski definition) is 1. The third-order valence-corrected chi connectivity index (χ3v) is 2.77. The Hall–Kier alpha value is -0.820. The number of aliphatic hydroxyl groups is 1. The van der Waals surface area contributed by atoms with Crippen LogP contribution in [0.5, 0.6) is 0 Å². The summed E-state index contributed by atoms with van der Waals surface area (Å²) in [6, 6.07) is 6.55. The summed E-state index contributed by atoms with van der Waals surface area (Å²) in [4.78, 5) is 0. The van der Waals surface area contributed by atoms with Crippen molar-refractivity contribution in [2.24, 2.45) is 0 Å². The second kappa shape index (κ2) is 6.62. The Morgan fingerprint density at radius 1 is 0.933 bits per heavy atom. The number of hydrogen-bond donors (Lipinski definition) is 1. The van der Waals surface area contributed by atoms with Crippen LogP contribution in [0.4, 0.5) is 0 Å². The molecule has 0 atom stereocenters. The van der Waals surface area contributed by atoms with Gasteiger partial charge < -0.3 is 5.11 Å². The van der Waals surface area contributed by atoms with Crippen LogP contribution in [-0.2, 0) is 19.3 Å². The van der Waals surface area contributed by atoms with E-state index in [1.54, 1.807) is 0 Å². The van der Waals surface area contributed by atoms with Crippen LogP contribution in [0.1, 0.15) is 43.4 Å². The summed E-state index contributed by atoms with van der Waals surface area (Å²) in [5.41, 5.74) is 4.25. The highest BCUT2D eigenvalue weighted by Crippen LogP contribution is 2.18. The molecule has 0 aliphatic carbocycles. The summed E-state index contributed by atoms with van der Waals surface area (Å²) in [5, 5.41) is 9.11. The lowest BCUT2D eigenvalue weighted by Crippen LogP contribution is -2.02. The largest absolute Gasteiger partial charge is 0.396 e. The maximum atomic E-state index is 9.11. The van der Waals surface area contributed by atoms with Gasteiger partial charge in [-0.1, -0.05) is 44.9 Å². The lowest BCUT2D eigenvalue weighted by atomic mass is 9.93. The molecule has 15 heavy (non-hydrogen) atoms. The predicted octanol–water partition coefficient (Wildman–Crippen LogP) is 3.13. The first kappa shape index (κ1) is 12.3. The summed E-state index contributed by atoms with van der Waals surface area (Å²) in [7, 11) is 0. The standard InChI is InChI=1S/C14H22O/c1-3-6-12-8-5-9-13(7-4-2)14(12)10-11-15/h5,8-9,15H,3-4,6-7,10-11H2,1-2H3. The average molecular weight is 206 g/mol. The Morgan fingerprint density at radius 2 is 1.47 bits per heavy atom. The van der Waals surface area contributed by atoms with Crippen LogP contribution in [0.15, 0.2) is 18.2 Å². The van der Waals surface area contributed by atoms with Gasteiger partial charge in [0.15, 0.2) is 0 Å². The second-order valence-corrected chi connectivity index (χ2v) is 4.03. The summed E-state index contributed by atoms with van der Waals surface area (Å²) in [6.45, 7) is 4.67. The zero-order valence-electron chi connectivity index (χ0n) is 9.92. The number of benzene rings is 1. The predicted molar refractivity (Wildman–Crippen MR) is 65.2 cm³/mol. The third-order valence-electron chi connectivity index (χ3n) is 2.77. The zero-order valence-corrected chi connectivity index (χ0v) is 9.92. The number of aryl methyl sites for hydroxylation is 2. The molecule has 0 unspecified atom stereocenters. The molecule has 0 aliphatic heterocycles. The van der Waals surface area contributed by atoms with Crippen molar-refractivity contribution >= 4 is 0 Å². The van der Waals surface area contributed by atoms with Gasteiger partial charge in [-0.15, -0.1) is 0 Å². The molecular weight excluding hydrogens is 184 g/mol. The highest BCUT2D eigenvalue weighted by atomic mass is 16.2. The minimum Gasteiger partial charge on any atom is -0.396 e. The van der Waals surface area contributed by atoms with E-state index >= 15 is 0 Å². The topological polar surface area (TPSA) is 20.2 Å². The van der Waals surface area contributed by atoms with E-state index in [1.807, 2.05) is 0 Å². The molecule has 0 spiro atoms. The van der Waals surface area contributed by atoms with Gasteiger partial charge in [0.2, 0.25) is 0 Å². The molecule has 84 valence electrons. The van der Waals surface area contributed by atoms with E-state index in [0.29, 0.717) is 0 Å². The highest BCUT2D eigenvalue weighted by Gasteiger charge is 2.06. The van der Waals surface area contributed by atoms with E-state index in [4.69, 9.17) is 5.11 Å². The van der Waals surface area contributed by atoms with Crippen molar-refractivity contribution in [3.63, 3.8) is 0 Å². The van der Waals surface area contributed by atoms with Gasteiger partial charge in [0.25, 0.3) is 0 Å². The molecule has 0 bridgehead atoms. The minimum absolute atomic E-state index is 0.261. The van der Waals surface area contributed by atoms with Crippen LogP contribution in [0.2, 0.25) is 0 Å². The van der Waals surface area contributed by atoms with Crippen LogP contribution in [-0.4, -0.2) is 11.7 Å². The summed E-state index contributed by atoms with van der Waals surface area (Å²) < 4.78 is 0. The fourth-order valence-corrected chi connectivity index (χ4v) is 2.13. The normalized spacial score (nSPS) is 10.6. The van der Waals surface area contributed by atoms with Crippen LogP contribution in [0, 0.1) is 0 Å². The Bertz CT molecular complexity index is 267. The first-order chi connectivity index (χ1) is 7.33. The van der Waals surface area contributed by atoms with Crippen molar-refractivity contribution in [3.05, 3.63) is 34.9 Å². The third kappa shape index (κ3) is 3.35. The van der Waals surface area contributed by atoms with Crippen LogP contribution >= 0.6 is 0 Å². The van der Waals surface area contributed by atoms with E-state index in [-0.39, 0.29) is 6.61 Å². The lowest BCUT2D eigenvalue weighted by Gasteiger charge is -2.13. The molecule has 1 rings (SSSR count). The van der Waals surface area contributed by atoms with Gasteiger partial charge in [0.05, 0.1) is 0 Å². The molecular formula is C14H22O. The fraction of sp³-hybridized carbons (Fsp3) is 0.571. The van der Waals surface area contributed by atoms with E-state index < -0.39 is 0 Å². The smallest absolute Gasteiger partial charge is 0.0471 e. The summed E-state index contributed by atoms with van der Waals surface area (Å²) >= 11 is 0. The molecule has 0 aromatic heterocycles. The highest BCUT2D eigenvalue weighted by molar-refractivity contribution is 5.35. The van der Waals surface area contributed by atoms with E-state index in [2.05, 4.69) is 32.0 Å². The quantitative estimate of drug-likeness (QED) is 0.758. The van der Waals surface area contributed by atoms with Crippen molar-refractivity contribution in [1.29, 1.82) is 0 Å². The van der Waals surface area contributed by atoms with Crippen molar-refractivity contribution in [1.82, 2.24) is 0 Å². The molecule has 1 heteroatoms. The Morgan fingerprint density at radius 3 is 1.87 bits per heavy atom. The van der Waals surface area contributed by atoms with Crippen molar-refractivity contribution in [2.45, 2.75) is 46.0 Å². The molecule has 1 N–H and O–H groups in total. The van der Waals surface area contributed by atoms with Gasteiger partial charge in [-0.25, -0.2) is 0 Å². The summed E-state index contributed by atoms with van der Waals surface area (Å²) in [5.74, 6) is 0. The monoisotopic (exact) mass is 206 g/mol. The maximum Gasteiger partial charge on any atom is 0.0471 e. The van der Waals surface area contributed by atoms with E-state index in [1.165, 1.54) is 29.5 Å². The van der Waals surface area contributed by atoms with Crippen molar-refractivity contribution < 1.29 is 5.11 Å². The van der Waals surface area contributed by atoms with Gasteiger partial charge >= 0.3 is 0 Å². The van der Waals surface area contributed by atoms with Gasteiger partial charge in [0, 0.05) is 6.61 Å². The van der Waals surface area contributed by atoms with Gasteiger partial charge in [-0.2, -0.15) is 0 Å². The van der Waals surface area contributed by atoms with Gasteiger partial charge in [-0.3, -0.25) is 0 Å². The molecule has 0 saturated heterocycles. The van der Waals surface area contributed by atoms with E-state index in [0.717, 1.165) is 19.3 Å². The average Bonchev–Trinajstić information content (AvgIpc) is 2.23. The maximum absolute atomic E-state index is 9.11. The van der Waals surface area contributed by atoms with Crippen LogP contribution in [0.25, 0.3) is 0 Å². The molecule has 0 heterocycles. The molecule has 1 aromatic rings. The summed E-state index contributed by atoms with van der Waals surface area (Å²) in [6.07, 6.45) is 5.42. The first-order valence-electron chi connectivity index (χ1n) is 6.04. The SMILES string of the molecule is CCCc1cccc(CCC)c1CCO. The molecule has 1 aromatic carbocycles. The van der Waals surface area contributed by atoms with Crippen LogP contribution < -0.4 is 0 Å². The Kier molecular flexibility index (Phi) is 5.41. The van der Waals surface area contributed by atoms with Gasteiger partial charge in [-0.05, 0) is 36.0 Å². The van der Waals surface area contributed by atoms with Crippen LogP contribution in [0.3, 0.4) is 0 Å². The Balaban J connectivity index is 2.97. The molecule has 0 amide bonds. The molecule has 1 nitrogen and oxygen atoms in total.